The summed E-state index contributed by atoms with van der Waals surface area (Å²) in [5.41, 5.74) is 11.0. The number of H-pyrrole nitrogens is 1. The molecule has 1 aromatic heterocycles. The monoisotopic (exact) mass is 486 g/mol. The number of aromatic amines is 1. The Kier molecular flexibility index (Phi) is 8.83. The van der Waals surface area contributed by atoms with Crippen molar-refractivity contribution in [3.63, 3.8) is 0 Å². The highest BCUT2D eigenvalue weighted by molar-refractivity contribution is 5.90. The number of methoxy groups -OCH3 is 1. The zero-order chi connectivity index (χ0) is 26.8. The van der Waals surface area contributed by atoms with Crippen molar-refractivity contribution in [1.82, 2.24) is 15.6 Å². The number of aryl methyl sites for hydroxylation is 1. The molecule has 0 spiro atoms. The van der Waals surface area contributed by atoms with Crippen LogP contribution in [0.4, 0.5) is 0 Å². The third-order valence-corrected chi connectivity index (χ3v) is 6.65. The Bertz CT molecular complexity index is 1050. The van der Waals surface area contributed by atoms with Crippen LogP contribution in [0, 0.1) is 6.92 Å². The first-order valence-corrected chi connectivity index (χ1v) is 12.5. The minimum atomic E-state index is -0.696. The van der Waals surface area contributed by atoms with Gasteiger partial charge in [-0.25, -0.2) is 4.79 Å². The Morgan fingerprint density at radius 1 is 1.06 bits per heavy atom. The lowest BCUT2D eigenvalue weighted by Crippen LogP contribution is -2.48. The first-order valence-electron chi connectivity index (χ1n) is 12.5. The number of carbonyl (C=O) groups is 2. The first-order chi connectivity index (χ1) is 16.0. The highest BCUT2D eigenvalue weighted by atomic mass is 16.5. The normalized spacial score (nSPS) is 13.7. The first kappa shape index (κ1) is 28.9. The van der Waals surface area contributed by atoms with E-state index >= 15 is 0 Å². The number of amides is 1. The molecule has 1 heterocycles. The predicted octanol–water partition coefficient (Wildman–Crippen LogP) is 4.29. The number of nitrogens with one attached hydrogen (secondary N) is 3. The van der Waals surface area contributed by atoms with E-state index in [1.807, 2.05) is 0 Å². The van der Waals surface area contributed by atoms with Gasteiger partial charge >= 0.3 is 5.97 Å². The predicted molar refractivity (Wildman–Crippen MR) is 144 cm³/mol. The summed E-state index contributed by atoms with van der Waals surface area (Å²) in [7, 11) is 1.32. The van der Waals surface area contributed by atoms with Gasteiger partial charge in [0.1, 0.15) is 6.04 Å². The minimum absolute atomic E-state index is 0.0217. The average molecular weight is 487 g/mol. The van der Waals surface area contributed by atoms with E-state index in [1.54, 1.807) is 0 Å². The van der Waals surface area contributed by atoms with Gasteiger partial charge in [0.05, 0.1) is 13.7 Å². The van der Waals surface area contributed by atoms with Crippen molar-refractivity contribution in [2.24, 2.45) is 5.73 Å². The standard InChI is InChI=1S/C28H46N4O3/c1-17-23-19(14-18(26(2,3)4)15-21(23)32-24(17)27(5,6)7)28(8,9)30-16-22(33)31-20(12-11-13-29)25(34)35-10/h14-15,20,30,32H,11-13,16,29H2,1-10H3,(H,31,33)/t20-/m0/s1. The van der Waals surface area contributed by atoms with Crippen LogP contribution in [0.15, 0.2) is 12.1 Å². The van der Waals surface area contributed by atoms with E-state index in [4.69, 9.17) is 10.5 Å². The highest BCUT2D eigenvalue weighted by Gasteiger charge is 2.30. The van der Waals surface area contributed by atoms with Crippen molar-refractivity contribution in [1.29, 1.82) is 0 Å². The van der Waals surface area contributed by atoms with Gasteiger partial charge in [0.2, 0.25) is 5.91 Å². The maximum Gasteiger partial charge on any atom is 0.328 e. The zero-order valence-corrected chi connectivity index (χ0v) is 23.4. The molecule has 0 aliphatic carbocycles. The zero-order valence-electron chi connectivity index (χ0n) is 23.4. The summed E-state index contributed by atoms with van der Waals surface area (Å²) in [5.74, 6) is -0.710. The molecular formula is C28H46N4O3. The molecule has 0 saturated carbocycles. The fraction of sp³-hybridized carbons (Fsp3) is 0.643. The SMILES string of the molecule is COC(=O)[C@H](CCCN)NC(=O)CNC(C)(C)c1cc(C(C)(C)C)cc2[nH]c(C(C)(C)C)c(C)c12. The third kappa shape index (κ3) is 6.85. The van der Waals surface area contributed by atoms with E-state index in [0.717, 1.165) is 11.1 Å². The minimum Gasteiger partial charge on any atom is -0.467 e. The Balaban J connectivity index is 2.42. The second kappa shape index (κ2) is 10.7. The summed E-state index contributed by atoms with van der Waals surface area (Å²) < 4.78 is 4.84. The van der Waals surface area contributed by atoms with Gasteiger partial charge in [-0.2, -0.15) is 0 Å². The van der Waals surface area contributed by atoms with Gasteiger partial charge in [0.15, 0.2) is 0 Å². The van der Waals surface area contributed by atoms with E-state index in [9.17, 15) is 9.59 Å². The number of aromatic nitrogens is 1. The van der Waals surface area contributed by atoms with E-state index in [0.29, 0.717) is 19.4 Å². The molecule has 7 nitrogen and oxygen atoms in total. The van der Waals surface area contributed by atoms with Crippen LogP contribution in [0.2, 0.25) is 0 Å². The Labute approximate surface area is 210 Å². The van der Waals surface area contributed by atoms with Crippen LogP contribution in [0.3, 0.4) is 0 Å². The molecule has 2 rings (SSSR count). The van der Waals surface area contributed by atoms with Crippen molar-refractivity contribution in [2.45, 2.75) is 97.6 Å². The van der Waals surface area contributed by atoms with E-state index in [-0.39, 0.29) is 23.3 Å². The number of hydrogen-bond donors (Lipinski definition) is 4. The number of hydrogen-bond acceptors (Lipinski definition) is 5. The molecule has 196 valence electrons. The van der Waals surface area contributed by atoms with Crippen molar-refractivity contribution < 1.29 is 14.3 Å². The van der Waals surface area contributed by atoms with Gasteiger partial charge in [-0.3, -0.25) is 10.1 Å². The lowest BCUT2D eigenvalue weighted by Gasteiger charge is -2.31. The number of ether oxygens (including phenoxy) is 1. The maximum absolute atomic E-state index is 12.8. The second-order valence-corrected chi connectivity index (χ2v) is 12.1. The summed E-state index contributed by atoms with van der Waals surface area (Å²) >= 11 is 0. The lowest BCUT2D eigenvalue weighted by atomic mass is 9.80. The molecule has 1 amide bonds. The Hall–Kier alpha value is -2.38. The van der Waals surface area contributed by atoms with Gasteiger partial charge < -0.3 is 20.8 Å². The third-order valence-electron chi connectivity index (χ3n) is 6.65. The molecule has 2 aromatic rings. The van der Waals surface area contributed by atoms with Crippen LogP contribution in [-0.2, 0) is 30.7 Å². The number of fused-ring (bicyclic) bond motifs is 1. The smallest absolute Gasteiger partial charge is 0.328 e. The fourth-order valence-corrected chi connectivity index (χ4v) is 4.53. The van der Waals surface area contributed by atoms with Crippen molar-refractivity contribution in [3.8, 4) is 0 Å². The molecule has 1 aromatic carbocycles. The van der Waals surface area contributed by atoms with Crippen LogP contribution >= 0.6 is 0 Å². The van der Waals surface area contributed by atoms with E-state index in [1.165, 1.54) is 29.3 Å². The Morgan fingerprint density at radius 3 is 2.20 bits per heavy atom. The molecule has 0 bridgehead atoms. The molecule has 0 saturated heterocycles. The molecule has 0 fully saturated rings. The van der Waals surface area contributed by atoms with Gasteiger partial charge in [0.25, 0.3) is 0 Å². The van der Waals surface area contributed by atoms with Crippen LogP contribution in [0.1, 0.15) is 90.6 Å². The van der Waals surface area contributed by atoms with Crippen molar-refractivity contribution in [2.75, 3.05) is 20.2 Å². The van der Waals surface area contributed by atoms with Crippen LogP contribution in [-0.4, -0.2) is 43.1 Å². The molecule has 35 heavy (non-hydrogen) atoms. The quantitative estimate of drug-likeness (QED) is 0.395. The van der Waals surface area contributed by atoms with Crippen LogP contribution < -0.4 is 16.4 Å². The summed E-state index contributed by atoms with van der Waals surface area (Å²) in [5, 5.41) is 7.42. The average Bonchev–Trinajstić information content (AvgIpc) is 3.10. The number of esters is 1. The van der Waals surface area contributed by atoms with Gasteiger partial charge in [0, 0.05) is 27.6 Å². The number of benzene rings is 1. The number of rotatable bonds is 9. The van der Waals surface area contributed by atoms with Gasteiger partial charge in [-0.05, 0) is 68.3 Å². The van der Waals surface area contributed by atoms with Crippen LogP contribution in [0.5, 0.6) is 0 Å². The summed E-state index contributed by atoms with van der Waals surface area (Å²) in [6.07, 6.45) is 1.07. The molecule has 1 atom stereocenters. The summed E-state index contributed by atoms with van der Waals surface area (Å²) in [4.78, 5) is 28.6. The number of carbonyl (C=O) groups excluding carboxylic acids is 2. The molecular weight excluding hydrogens is 440 g/mol. The lowest BCUT2D eigenvalue weighted by molar-refractivity contribution is -0.145. The molecule has 5 N–H and O–H groups in total. The molecule has 7 heteroatoms. The van der Waals surface area contributed by atoms with E-state index < -0.39 is 17.6 Å². The highest BCUT2D eigenvalue weighted by Crippen LogP contribution is 2.39. The topological polar surface area (TPSA) is 109 Å². The summed E-state index contributed by atoms with van der Waals surface area (Å²) in [6.45, 7) is 20.1. The van der Waals surface area contributed by atoms with Gasteiger partial charge in [-0.1, -0.05) is 47.6 Å². The summed E-state index contributed by atoms with van der Waals surface area (Å²) in [6, 6.07) is 3.82. The van der Waals surface area contributed by atoms with Crippen LogP contribution in [0.25, 0.3) is 10.9 Å². The van der Waals surface area contributed by atoms with E-state index in [2.05, 4.69) is 90.1 Å². The van der Waals surface area contributed by atoms with Crippen molar-refractivity contribution >= 4 is 22.8 Å². The molecule has 0 unspecified atom stereocenters. The molecule has 0 aliphatic heterocycles. The largest absolute Gasteiger partial charge is 0.467 e. The van der Waals surface area contributed by atoms with Crippen molar-refractivity contribution in [3.05, 3.63) is 34.5 Å². The molecule has 0 aliphatic rings. The molecule has 0 radical (unpaired) electrons. The fourth-order valence-electron chi connectivity index (χ4n) is 4.53. The number of nitrogens with two attached hydrogens (primary N) is 1. The van der Waals surface area contributed by atoms with Gasteiger partial charge in [-0.15, -0.1) is 0 Å². The maximum atomic E-state index is 12.8. The second-order valence-electron chi connectivity index (χ2n) is 12.1. The Morgan fingerprint density at radius 2 is 1.69 bits per heavy atom.